The number of halogens is 1. The van der Waals surface area contributed by atoms with E-state index in [2.05, 4.69) is 10.3 Å². The Morgan fingerprint density at radius 2 is 2.47 bits per heavy atom. The molecule has 1 aromatic heterocycles. The first kappa shape index (κ1) is 13.4. The quantitative estimate of drug-likeness (QED) is 0.807. The van der Waals surface area contributed by atoms with Crippen molar-refractivity contribution in [3.63, 3.8) is 0 Å². The number of hydrogen-bond donors (Lipinski definition) is 1. The molecule has 1 N–H and O–H groups in total. The Balaban J connectivity index is 2.45. The number of carbonyl (C=O) groups is 1. The summed E-state index contributed by atoms with van der Waals surface area (Å²) in [5.41, 5.74) is 0.493. The van der Waals surface area contributed by atoms with Crippen molar-refractivity contribution in [2.75, 3.05) is 25.5 Å². The number of nitrogens with zero attached hydrogens (tertiary/aromatic N) is 3. The van der Waals surface area contributed by atoms with Gasteiger partial charge in [0.15, 0.2) is 5.15 Å². The van der Waals surface area contributed by atoms with Gasteiger partial charge < -0.3 is 5.32 Å². The van der Waals surface area contributed by atoms with E-state index in [0.717, 1.165) is 0 Å². The van der Waals surface area contributed by atoms with Gasteiger partial charge in [-0.25, -0.2) is 4.98 Å². The van der Waals surface area contributed by atoms with Crippen LogP contribution in [0.1, 0.15) is 6.42 Å². The van der Waals surface area contributed by atoms with E-state index in [0.29, 0.717) is 18.7 Å². The zero-order valence-corrected chi connectivity index (χ0v) is 10.2. The lowest BCUT2D eigenvalue weighted by molar-refractivity contribution is -0.117. The van der Waals surface area contributed by atoms with Crippen molar-refractivity contribution >= 4 is 23.2 Å². The van der Waals surface area contributed by atoms with Crippen LogP contribution in [0.3, 0.4) is 0 Å². The van der Waals surface area contributed by atoms with E-state index in [-0.39, 0.29) is 17.6 Å². The molecule has 0 aromatic carbocycles. The number of aromatic nitrogens is 1. The highest BCUT2D eigenvalue weighted by atomic mass is 35.5. The number of likely N-dealkylation sites (N-methyl/N-ethyl adjacent to an activating group) is 1. The smallest absolute Gasteiger partial charge is 0.238 e. The molecule has 5 nitrogen and oxygen atoms in total. The molecule has 1 aromatic rings. The summed E-state index contributed by atoms with van der Waals surface area (Å²) in [6.07, 6.45) is 1.95. The largest absolute Gasteiger partial charge is 0.322 e. The summed E-state index contributed by atoms with van der Waals surface area (Å²) in [6.45, 7) is 0.775. The molecule has 0 bridgehead atoms. The van der Waals surface area contributed by atoms with Crippen molar-refractivity contribution in [2.24, 2.45) is 0 Å². The van der Waals surface area contributed by atoms with Gasteiger partial charge in [-0.15, -0.1) is 0 Å². The fourth-order valence-corrected chi connectivity index (χ4v) is 1.40. The highest BCUT2D eigenvalue weighted by Crippen LogP contribution is 2.17. The number of nitrogens with one attached hydrogen (secondary N) is 1. The van der Waals surface area contributed by atoms with Crippen molar-refractivity contribution in [1.82, 2.24) is 9.88 Å². The molecule has 6 heteroatoms. The maximum absolute atomic E-state index is 11.6. The molecule has 0 spiro atoms. The summed E-state index contributed by atoms with van der Waals surface area (Å²) in [5.74, 6) is -0.180. The predicted octanol–water partition coefficient (Wildman–Crippen LogP) is 1.52. The summed E-state index contributed by atoms with van der Waals surface area (Å²) in [5, 5.41) is 11.3. The van der Waals surface area contributed by atoms with Gasteiger partial charge in [-0.05, 0) is 19.2 Å². The van der Waals surface area contributed by atoms with Crippen molar-refractivity contribution in [3.05, 3.63) is 23.5 Å². The zero-order chi connectivity index (χ0) is 12.7. The molecule has 1 rings (SSSR count). The second kappa shape index (κ2) is 6.84. The van der Waals surface area contributed by atoms with Gasteiger partial charge in [-0.3, -0.25) is 9.69 Å². The maximum Gasteiger partial charge on any atom is 0.238 e. The molecule has 0 radical (unpaired) electrons. The van der Waals surface area contributed by atoms with E-state index >= 15 is 0 Å². The van der Waals surface area contributed by atoms with E-state index in [1.165, 1.54) is 0 Å². The Morgan fingerprint density at radius 1 is 1.71 bits per heavy atom. The van der Waals surface area contributed by atoms with Gasteiger partial charge in [0.25, 0.3) is 0 Å². The summed E-state index contributed by atoms with van der Waals surface area (Å²) in [4.78, 5) is 17.2. The number of hydrogen-bond acceptors (Lipinski definition) is 4. The van der Waals surface area contributed by atoms with Gasteiger partial charge in [0, 0.05) is 19.2 Å². The lowest BCUT2D eigenvalue weighted by atomic mass is 10.4. The standard InChI is InChI=1S/C11H13ClN4O/c1-16(7-3-5-13)8-10(17)15-9-4-2-6-14-11(9)12/h2,4,6H,3,7-8H2,1H3,(H,15,17). The fourth-order valence-electron chi connectivity index (χ4n) is 1.23. The molecule has 1 amide bonds. The normalized spacial score (nSPS) is 10.0. The molecule has 0 saturated heterocycles. The summed E-state index contributed by atoms with van der Waals surface area (Å²) in [6, 6.07) is 5.40. The molecule has 0 saturated carbocycles. The lowest BCUT2D eigenvalue weighted by Gasteiger charge is -2.14. The van der Waals surface area contributed by atoms with Crippen LogP contribution in [0.15, 0.2) is 18.3 Å². The Labute approximate surface area is 105 Å². The predicted molar refractivity (Wildman–Crippen MR) is 65.6 cm³/mol. The number of amides is 1. The van der Waals surface area contributed by atoms with Crippen LogP contribution in [0.25, 0.3) is 0 Å². The third-order valence-electron chi connectivity index (χ3n) is 2.05. The van der Waals surface area contributed by atoms with Crippen LogP contribution in [-0.4, -0.2) is 35.9 Å². The minimum absolute atomic E-state index is 0.180. The van der Waals surface area contributed by atoms with Crippen LogP contribution in [0.2, 0.25) is 5.15 Å². The number of pyridine rings is 1. The minimum atomic E-state index is -0.180. The molecular weight excluding hydrogens is 240 g/mol. The first-order chi connectivity index (χ1) is 8.13. The zero-order valence-electron chi connectivity index (χ0n) is 9.48. The second-order valence-corrected chi connectivity index (χ2v) is 3.89. The van der Waals surface area contributed by atoms with Gasteiger partial charge in [-0.1, -0.05) is 11.6 Å². The Morgan fingerprint density at radius 3 is 3.12 bits per heavy atom. The van der Waals surface area contributed by atoms with Crippen molar-refractivity contribution in [1.29, 1.82) is 5.26 Å². The summed E-state index contributed by atoms with van der Waals surface area (Å²) in [7, 11) is 1.78. The van der Waals surface area contributed by atoms with E-state index in [4.69, 9.17) is 16.9 Å². The maximum atomic E-state index is 11.6. The second-order valence-electron chi connectivity index (χ2n) is 3.54. The molecule has 90 valence electrons. The summed E-state index contributed by atoms with van der Waals surface area (Å²) >= 11 is 5.81. The Kier molecular flexibility index (Phi) is 5.40. The van der Waals surface area contributed by atoms with Crippen LogP contribution < -0.4 is 5.32 Å². The third kappa shape index (κ3) is 4.81. The van der Waals surface area contributed by atoms with E-state index in [1.54, 1.807) is 30.3 Å². The topological polar surface area (TPSA) is 69.0 Å². The first-order valence-corrected chi connectivity index (χ1v) is 5.47. The van der Waals surface area contributed by atoms with E-state index in [1.807, 2.05) is 6.07 Å². The first-order valence-electron chi connectivity index (χ1n) is 5.09. The molecule has 0 fully saturated rings. The third-order valence-corrected chi connectivity index (χ3v) is 2.35. The fraction of sp³-hybridized carbons (Fsp3) is 0.364. The van der Waals surface area contributed by atoms with Gasteiger partial charge >= 0.3 is 0 Å². The number of carbonyl (C=O) groups excluding carboxylic acids is 1. The van der Waals surface area contributed by atoms with Crippen LogP contribution in [-0.2, 0) is 4.79 Å². The van der Waals surface area contributed by atoms with E-state index < -0.39 is 0 Å². The molecule has 1 heterocycles. The molecule has 0 aliphatic rings. The van der Waals surface area contributed by atoms with Crippen molar-refractivity contribution in [2.45, 2.75) is 6.42 Å². The van der Waals surface area contributed by atoms with Crippen LogP contribution in [0.4, 0.5) is 5.69 Å². The number of rotatable bonds is 5. The number of anilines is 1. The monoisotopic (exact) mass is 252 g/mol. The molecule has 0 aliphatic carbocycles. The molecule has 17 heavy (non-hydrogen) atoms. The van der Waals surface area contributed by atoms with Crippen LogP contribution in [0.5, 0.6) is 0 Å². The molecular formula is C11H13ClN4O. The average molecular weight is 253 g/mol. The van der Waals surface area contributed by atoms with E-state index in [9.17, 15) is 4.79 Å². The minimum Gasteiger partial charge on any atom is -0.322 e. The SMILES string of the molecule is CN(CCC#N)CC(=O)Nc1cccnc1Cl. The highest BCUT2D eigenvalue weighted by molar-refractivity contribution is 6.32. The molecule has 0 aliphatic heterocycles. The van der Waals surface area contributed by atoms with Gasteiger partial charge in [0.05, 0.1) is 18.3 Å². The van der Waals surface area contributed by atoms with Crippen molar-refractivity contribution < 1.29 is 4.79 Å². The molecule has 0 unspecified atom stereocenters. The highest BCUT2D eigenvalue weighted by Gasteiger charge is 2.08. The molecule has 0 atom stereocenters. The van der Waals surface area contributed by atoms with Crippen LogP contribution >= 0.6 is 11.6 Å². The summed E-state index contributed by atoms with van der Waals surface area (Å²) < 4.78 is 0. The van der Waals surface area contributed by atoms with Crippen molar-refractivity contribution in [3.8, 4) is 6.07 Å². The Bertz CT molecular complexity index is 430. The Hall–Kier alpha value is -1.64. The van der Waals surface area contributed by atoms with Crippen LogP contribution in [0, 0.1) is 11.3 Å². The van der Waals surface area contributed by atoms with Gasteiger partial charge in [-0.2, -0.15) is 5.26 Å². The van der Waals surface area contributed by atoms with Gasteiger partial charge in [0.1, 0.15) is 0 Å². The number of nitriles is 1. The lowest BCUT2D eigenvalue weighted by Crippen LogP contribution is -2.30. The average Bonchev–Trinajstić information content (AvgIpc) is 2.29. The van der Waals surface area contributed by atoms with Gasteiger partial charge in [0.2, 0.25) is 5.91 Å².